The standard InChI is InChI=1S/C14H22N2O2S/c1-10(2)18-13-7-5-4-6-12(13)16-14(17)11(15)8-9-19-3/h4-7,10-11H,8-9,15H2,1-3H3,(H,16,17)/t11-/m0/s1. The number of hydrogen-bond acceptors (Lipinski definition) is 4. The number of ether oxygens (including phenoxy) is 1. The van der Waals surface area contributed by atoms with Gasteiger partial charge in [0.2, 0.25) is 5.91 Å². The molecule has 1 rings (SSSR count). The molecule has 0 aromatic heterocycles. The number of rotatable bonds is 7. The lowest BCUT2D eigenvalue weighted by Gasteiger charge is -2.16. The van der Waals surface area contributed by atoms with Gasteiger partial charge in [-0.3, -0.25) is 4.79 Å². The number of anilines is 1. The van der Waals surface area contributed by atoms with E-state index in [1.807, 2.05) is 44.4 Å². The second-order valence-electron chi connectivity index (χ2n) is 4.54. The molecule has 0 aliphatic carbocycles. The lowest BCUT2D eigenvalue weighted by Crippen LogP contribution is -2.36. The molecule has 106 valence electrons. The van der Waals surface area contributed by atoms with Crippen LogP contribution in [0, 0.1) is 0 Å². The quantitative estimate of drug-likeness (QED) is 0.806. The number of para-hydroxylation sites is 2. The van der Waals surface area contributed by atoms with Gasteiger partial charge in [0.05, 0.1) is 17.8 Å². The van der Waals surface area contributed by atoms with Crippen LogP contribution < -0.4 is 15.8 Å². The van der Waals surface area contributed by atoms with Crippen LogP contribution in [0.15, 0.2) is 24.3 Å². The summed E-state index contributed by atoms with van der Waals surface area (Å²) in [6.45, 7) is 3.89. The van der Waals surface area contributed by atoms with Crippen molar-refractivity contribution in [2.45, 2.75) is 32.4 Å². The molecule has 0 spiro atoms. The van der Waals surface area contributed by atoms with Gasteiger partial charge in [-0.15, -0.1) is 0 Å². The van der Waals surface area contributed by atoms with Gasteiger partial charge in [-0.25, -0.2) is 0 Å². The van der Waals surface area contributed by atoms with E-state index in [1.54, 1.807) is 11.8 Å². The zero-order valence-corrected chi connectivity index (χ0v) is 12.5. The van der Waals surface area contributed by atoms with Crippen LogP contribution in [0.1, 0.15) is 20.3 Å². The average Bonchev–Trinajstić information content (AvgIpc) is 2.37. The van der Waals surface area contributed by atoms with Gasteiger partial charge in [0.25, 0.3) is 0 Å². The van der Waals surface area contributed by atoms with Crippen molar-refractivity contribution >= 4 is 23.4 Å². The molecule has 1 aromatic rings. The van der Waals surface area contributed by atoms with E-state index in [4.69, 9.17) is 10.5 Å². The van der Waals surface area contributed by atoms with Gasteiger partial charge in [-0.05, 0) is 44.4 Å². The number of carbonyl (C=O) groups excluding carboxylic acids is 1. The van der Waals surface area contributed by atoms with E-state index >= 15 is 0 Å². The molecule has 0 fully saturated rings. The summed E-state index contributed by atoms with van der Waals surface area (Å²) in [4.78, 5) is 12.0. The zero-order valence-electron chi connectivity index (χ0n) is 11.7. The summed E-state index contributed by atoms with van der Waals surface area (Å²) in [5, 5.41) is 2.83. The summed E-state index contributed by atoms with van der Waals surface area (Å²) in [7, 11) is 0. The molecular weight excluding hydrogens is 260 g/mol. The Balaban J connectivity index is 2.68. The minimum absolute atomic E-state index is 0.0585. The van der Waals surface area contributed by atoms with E-state index in [0.717, 1.165) is 5.75 Å². The molecule has 19 heavy (non-hydrogen) atoms. The van der Waals surface area contributed by atoms with Crippen molar-refractivity contribution < 1.29 is 9.53 Å². The number of benzene rings is 1. The Morgan fingerprint density at radius 3 is 2.74 bits per heavy atom. The summed E-state index contributed by atoms with van der Waals surface area (Å²) in [5.74, 6) is 1.37. The van der Waals surface area contributed by atoms with Crippen molar-refractivity contribution in [3.63, 3.8) is 0 Å². The van der Waals surface area contributed by atoms with Gasteiger partial charge in [0.15, 0.2) is 0 Å². The van der Waals surface area contributed by atoms with Gasteiger partial charge < -0.3 is 15.8 Å². The third-order valence-electron chi connectivity index (χ3n) is 2.48. The maximum atomic E-state index is 12.0. The Kier molecular flexibility index (Phi) is 6.73. The van der Waals surface area contributed by atoms with E-state index in [9.17, 15) is 4.79 Å². The molecule has 0 saturated carbocycles. The first-order valence-electron chi connectivity index (χ1n) is 6.35. The highest BCUT2D eigenvalue weighted by atomic mass is 32.2. The van der Waals surface area contributed by atoms with Gasteiger partial charge >= 0.3 is 0 Å². The van der Waals surface area contributed by atoms with E-state index in [0.29, 0.717) is 17.9 Å². The lowest BCUT2D eigenvalue weighted by atomic mass is 10.2. The average molecular weight is 282 g/mol. The molecule has 1 amide bonds. The Morgan fingerprint density at radius 1 is 1.42 bits per heavy atom. The second-order valence-corrected chi connectivity index (χ2v) is 5.53. The van der Waals surface area contributed by atoms with Crippen LogP contribution in [0.3, 0.4) is 0 Å². The van der Waals surface area contributed by atoms with Crippen molar-refractivity contribution in [2.75, 3.05) is 17.3 Å². The predicted molar refractivity (Wildman–Crippen MR) is 81.8 cm³/mol. The van der Waals surface area contributed by atoms with E-state index < -0.39 is 6.04 Å². The predicted octanol–water partition coefficient (Wildman–Crippen LogP) is 2.49. The fourth-order valence-electron chi connectivity index (χ4n) is 1.53. The summed E-state index contributed by atoms with van der Waals surface area (Å²) >= 11 is 1.68. The number of amides is 1. The number of hydrogen-bond donors (Lipinski definition) is 2. The Hall–Kier alpha value is -1.20. The van der Waals surface area contributed by atoms with Gasteiger partial charge in [0, 0.05) is 0 Å². The molecule has 0 heterocycles. The maximum Gasteiger partial charge on any atom is 0.241 e. The molecule has 4 nitrogen and oxygen atoms in total. The van der Waals surface area contributed by atoms with Crippen molar-refractivity contribution in [1.29, 1.82) is 0 Å². The second kappa shape index (κ2) is 8.07. The molecular formula is C14H22N2O2S. The number of thioether (sulfide) groups is 1. The normalized spacial score (nSPS) is 12.3. The summed E-state index contributed by atoms with van der Waals surface area (Å²) in [5.41, 5.74) is 6.50. The molecule has 0 radical (unpaired) electrons. The van der Waals surface area contributed by atoms with E-state index in [2.05, 4.69) is 5.32 Å². The largest absolute Gasteiger partial charge is 0.489 e. The van der Waals surface area contributed by atoms with Crippen LogP contribution in [0.25, 0.3) is 0 Å². The van der Waals surface area contributed by atoms with Crippen LogP contribution in [-0.4, -0.2) is 30.1 Å². The summed E-state index contributed by atoms with van der Waals surface area (Å²) in [6, 6.07) is 6.90. The fraction of sp³-hybridized carbons (Fsp3) is 0.500. The monoisotopic (exact) mass is 282 g/mol. The maximum absolute atomic E-state index is 12.0. The number of nitrogens with one attached hydrogen (secondary N) is 1. The Labute approximate surface area is 119 Å². The van der Waals surface area contributed by atoms with Gasteiger partial charge in [-0.2, -0.15) is 11.8 Å². The SMILES string of the molecule is CSCC[C@H](N)C(=O)Nc1ccccc1OC(C)C. The molecule has 0 saturated heterocycles. The molecule has 0 aliphatic rings. The first-order chi connectivity index (χ1) is 9.04. The smallest absolute Gasteiger partial charge is 0.241 e. The minimum Gasteiger partial charge on any atom is -0.489 e. The van der Waals surface area contributed by atoms with Gasteiger partial charge in [-0.1, -0.05) is 12.1 Å². The molecule has 0 aliphatic heterocycles. The lowest BCUT2D eigenvalue weighted by molar-refractivity contribution is -0.117. The van der Waals surface area contributed by atoms with Gasteiger partial charge in [0.1, 0.15) is 5.75 Å². The highest BCUT2D eigenvalue weighted by Gasteiger charge is 2.15. The van der Waals surface area contributed by atoms with Crippen molar-refractivity contribution in [1.82, 2.24) is 0 Å². The first-order valence-corrected chi connectivity index (χ1v) is 7.75. The van der Waals surface area contributed by atoms with E-state index in [1.165, 1.54) is 0 Å². The van der Waals surface area contributed by atoms with Crippen LogP contribution in [0.5, 0.6) is 5.75 Å². The highest BCUT2D eigenvalue weighted by molar-refractivity contribution is 7.98. The van der Waals surface area contributed by atoms with Crippen LogP contribution in [0.4, 0.5) is 5.69 Å². The Morgan fingerprint density at radius 2 is 2.11 bits per heavy atom. The molecule has 5 heteroatoms. The summed E-state index contributed by atoms with van der Waals surface area (Å²) in [6.07, 6.45) is 2.72. The molecule has 1 aromatic carbocycles. The third-order valence-corrected chi connectivity index (χ3v) is 3.12. The molecule has 0 bridgehead atoms. The zero-order chi connectivity index (χ0) is 14.3. The van der Waals surface area contributed by atoms with Crippen LogP contribution >= 0.6 is 11.8 Å². The molecule has 3 N–H and O–H groups in total. The number of nitrogens with two attached hydrogens (primary N) is 1. The summed E-state index contributed by atoms with van der Waals surface area (Å²) < 4.78 is 5.65. The van der Waals surface area contributed by atoms with Crippen molar-refractivity contribution in [3.05, 3.63) is 24.3 Å². The van der Waals surface area contributed by atoms with Crippen molar-refractivity contribution in [3.8, 4) is 5.75 Å². The number of carbonyl (C=O) groups is 1. The minimum atomic E-state index is -0.487. The van der Waals surface area contributed by atoms with Crippen molar-refractivity contribution in [2.24, 2.45) is 5.73 Å². The van der Waals surface area contributed by atoms with Crippen LogP contribution in [0.2, 0.25) is 0 Å². The highest BCUT2D eigenvalue weighted by Crippen LogP contribution is 2.25. The topological polar surface area (TPSA) is 64.4 Å². The third kappa shape index (κ3) is 5.53. The van der Waals surface area contributed by atoms with Crippen LogP contribution in [-0.2, 0) is 4.79 Å². The first kappa shape index (κ1) is 15.9. The van der Waals surface area contributed by atoms with E-state index in [-0.39, 0.29) is 12.0 Å². The molecule has 0 unspecified atom stereocenters. The fourth-order valence-corrected chi connectivity index (χ4v) is 2.02. The Bertz CT molecular complexity index is 410. The molecule has 1 atom stereocenters.